The summed E-state index contributed by atoms with van der Waals surface area (Å²) >= 11 is 0. The molecule has 0 unspecified atom stereocenters. The molecule has 1 amide bonds. The Balaban J connectivity index is 2.12. The molecule has 0 bridgehead atoms. The number of nitrogens with one attached hydrogen (secondary N) is 2. The summed E-state index contributed by atoms with van der Waals surface area (Å²) in [7, 11) is 0. The summed E-state index contributed by atoms with van der Waals surface area (Å²) in [5.41, 5.74) is -0.298. The van der Waals surface area contributed by atoms with Gasteiger partial charge in [-0.2, -0.15) is 0 Å². The van der Waals surface area contributed by atoms with E-state index in [2.05, 4.69) is 10.3 Å². The molecule has 2 atom stereocenters. The van der Waals surface area contributed by atoms with Crippen molar-refractivity contribution in [1.29, 1.82) is 0 Å². The highest BCUT2D eigenvalue weighted by atomic mass is 16.4. The number of benzene rings is 2. The van der Waals surface area contributed by atoms with Crippen LogP contribution < -0.4 is 21.7 Å². The Kier molecular flexibility index (Phi) is 6.15. The number of carboxylic acids is 1. The summed E-state index contributed by atoms with van der Waals surface area (Å²) in [6, 6.07) is 12.9. The minimum absolute atomic E-state index is 0.0336. The van der Waals surface area contributed by atoms with Gasteiger partial charge < -0.3 is 20.2 Å². The molecule has 156 valence electrons. The van der Waals surface area contributed by atoms with Crippen LogP contribution in [0.2, 0.25) is 0 Å². The molecule has 3 aromatic rings. The van der Waals surface area contributed by atoms with Crippen LogP contribution in [0, 0.1) is 5.92 Å². The molecule has 1 aromatic heterocycles. The molecule has 30 heavy (non-hydrogen) atoms. The van der Waals surface area contributed by atoms with Gasteiger partial charge in [-0.15, -0.1) is 0 Å². The second-order valence-electron chi connectivity index (χ2n) is 7.41. The number of nitrogens with zero attached hydrogens (tertiary/aromatic N) is 1. The van der Waals surface area contributed by atoms with Crippen molar-refractivity contribution >= 4 is 22.8 Å². The van der Waals surface area contributed by atoms with Crippen molar-refractivity contribution in [3.63, 3.8) is 0 Å². The molecule has 0 aliphatic heterocycles. The Morgan fingerprint density at radius 2 is 1.67 bits per heavy atom. The molecule has 3 rings (SSSR count). The quantitative estimate of drug-likeness (QED) is 0.584. The second kappa shape index (κ2) is 8.77. The van der Waals surface area contributed by atoms with Crippen molar-refractivity contribution in [2.75, 3.05) is 0 Å². The van der Waals surface area contributed by atoms with Crippen LogP contribution in [0.25, 0.3) is 10.9 Å². The summed E-state index contributed by atoms with van der Waals surface area (Å²) in [5, 5.41) is 14.1. The Bertz CT molecular complexity index is 1180. The Morgan fingerprint density at radius 1 is 1.03 bits per heavy atom. The van der Waals surface area contributed by atoms with E-state index in [1.165, 1.54) is 0 Å². The Morgan fingerprint density at radius 3 is 2.30 bits per heavy atom. The molecule has 2 aromatic carbocycles. The minimum atomic E-state index is -1.43. The first kappa shape index (κ1) is 21.0. The van der Waals surface area contributed by atoms with E-state index in [1.54, 1.807) is 68.4 Å². The average molecular weight is 408 g/mol. The number of carbonyl (C=O) groups excluding carboxylic acids is 2. The number of para-hydroxylation sites is 1. The van der Waals surface area contributed by atoms with Crippen LogP contribution in [0.1, 0.15) is 25.5 Å². The van der Waals surface area contributed by atoms with Crippen LogP contribution in [0.15, 0.2) is 64.2 Å². The first-order valence-corrected chi connectivity index (χ1v) is 9.58. The third-order valence-corrected chi connectivity index (χ3v) is 4.94. The fourth-order valence-corrected chi connectivity index (χ4v) is 3.34. The van der Waals surface area contributed by atoms with Gasteiger partial charge in [-0.3, -0.25) is 9.59 Å². The van der Waals surface area contributed by atoms with E-state index < -0.39 is 41.1 Å². The van der Waals surface area contributed by atoms with Crippen molar-refractivity contribution in [3.8, 4) is 0 Å². The smallest absolute Gasteiger partial charge is 0.329 e. The van der Waals surface area contributed by atoms with E-state index in [9.17, 15) is 24.3 Å². The molecule has 8 heteroatoms. The van der Waals surface area contributed by atoms with E-state index >= 15 is 0 Å². The van der Waals surface area contributed by atoms with Gasteiger partial charge in [-0.25, -0.2) is 9.36 Å². The summed E-state index contributed by atoms with van der Waals surface area (Å²) in [5.74, 6) is -2.62. The number of rotatable bonds is 7. The summed E-state index contributed by atoms with van der Waals surface area (Å²) in [6.45, 7) is 3.25. The third-order valence-electron chi connectivity index (χ3n) is 4.94. The van der Waals surface area contributed by atoms with E-state index in [0.717, 1.165) is 4.57 Å². The van der Waals surface area contributed by atoms with Gasteiger partial charge >= 0.3 is 5.69 Å². The number of hydrogen-bond acceptors (Lipinski definition) is 5. The monoisotopic (exact) mass is 408 g/mol. The molecule has 0 spiro atoms. The number of aromatic nitrogens is 2. The normalized spacial score (nSPS) is 13.2. The first-order valence-electron chi connectivity index (χ1n) is 9.58. The third kappa shape index (κ3) is 4.32. The number of fused-ring (bicyclic) bond motifs is 1. The number of carboxylic acid groups (broad SMARTS) is 1. The molecule has 0 saturated heterocycles. The first-order chi connectivity index (χ1) is 14.3. The van der Waals surface area contributed by atoms with E-state index in [4.69, 9.17) is 0 Å². The molecule has 0 fully saturated rings. The highest BCUT2D eigenvalue weighted by Crippen LogP contribution is 2.15. The van der Waals surface area contributed by atoms with Crippen LogP contribution in [-0.4, -0.2) is 27.5 Å². The Hall–Kier alpha value is -3.68. The lowest BCUT2D eigenvalue weighted by Crippen LogP contribution is -2.54. The number of hydrogen-bond donors (Lipinski definition) is 2. The molecule has 0 saturated carbocycles. The Labute approximate surface area is 172 Å². The van der Waals surface area contributed by atoms with Gasteiger partial charge in [0.15, 0.2) is 0 Å². The number of aromatic amines is 1. The summed E-state index contributed by atoms with van der Waals surface area (Å²) in [6.07, 6.45) is 0.0336. The van der Waals surface area contributed by atoms with E-state index in [-0.39, 0.29) is 11.8 Å². The molecular formula is C22H22N3O5-. The van der Waals surface area contributed by atoms with E-state index in [0.29, 0.717) is 11.1 Å². The summed E-state index contributed by atoms with van der Waals surface area (Å²) in [4.78, 5) is 53.0. The van der Waals surface area contributed by atoms with Crippen LogP contribution in [-0.2, 0) is 16.0 Å². The lowest BCUT2D eigenvalue weighted by Gasteiger charge is -2.26. The zero-order valence-electron chi connectivity index (χ0n) is 16.6. The zero-order chi connectivity index (χ0) is 21.8. The maximum atomic E-state index is 13.1. The minimum Gasteiger partial charge on any atom is -0.548 e. The maximum Gasteiger partial charge on any atom is 0.329 e. The van der Waals surface area contributed by atoms with Gasteiger partial charge in [-0.1, -0.05) is 56.3 Å². The lowest BCUT2D eigenvalue weighted by atomic mass is 10.0. The second-order valence-corrected chi connectivity index (χ2v) is 7.41. The highest BCUT2D eigenvalue weighted by Gasteiger charge is 2.28. The van der Waals surface area contributed by atoms with Crippen LogP contribution in [0.4, 0.5) is 0 Å². The van der Waals surface area contributed by atoms with Gasteiger partial charge in [0.05, 0.1) is 22.9 Å². The van der Waals surface area contributed by atoms with Gasteiger partial charge in [0.1, 0.15) is 6.04 Å². The molecule has 1 heterocycles. The molecule has 0 radical (unpaired) electrons. The number of amides is 1. The topological polar surface area (TPSA) is 124 Å². The summed E-state index contributed by atoms with van der Waals surface area (Å²) < 4.78 is 0.845. The van der Waals surface area contributed by atoms with Crippen molar-refractivity contribution in [1.82, 2.24) is 14.9 Å². The van der Waals surface area contributed by atoms with E-state index in [1.807, 2.05) is 0 Å². The van der Waals surface area contributed by atoms with Gasteiger partial charge in [-0.05, 0) is 23.6 Å². The van der Waals surface area contributed by atoms with Crippen molar-refractivity contribution in [3.05, 3.63) is 81.0 Å². The highest BCUT2D eigenvalue weighted by molar-refractivity contribution is 5.86. The zero-order valence-corrected chi connectivity index (χ0v) is 16.6. The van der Waals surface area contributed by atoms with Crippen LogP contribution >= 0.6 is 0 Å². The fraction of sp³-hybridized carbons (Fsp3) is 0.273. The van der Waals surface area contributed by atoms with Gasteiger partial charge in [0.2, 0.25) is 5.91 Å². The standard InChI is InChI=1S/C22H23N3O5/c1-13(2)18(21(28)29)24-19(26)17(12-14-8-4-3-5-9-14)25-20(27)15-10-6-7-11-16(15)23-22(25)30/h3-11,13,17-18H,12H2,1-2H3,(H,23,30)(H,24,26)(H,28,29)/p-1/t17-,18+/m0/s1. The predicted octanol–water partition coefficient (Wildman–Crippen LogP) is 0.364. The SMILES string of the molecule is CC(C)[C@@H](NC(=O)[C@H](Cc1ccccc1)n1c(=O)[nH]c2ccccc2c1=O)C(=O)[O-]. The molecular weight excluding hydrogens is 386 g/mol. The van der Waals surface area contributed by atoms with Crippen molar-refractivity contribution < 1.29 is 14.7 Å². The molecule has 8 nitrogen and oxygen atoms in total. The predicted molar refractivity (Wildman–Crippen MR) is 110 cm³/mol. The fourth-order valence-electron chi connectivity index (χ4n) is 3.34. The number of H-pyrrole nitrogens is 1. The van der Waals surface area contributed by atoms with Crippen LogP contribution in [0.5, 0.6) is 0 Å². The maximum absolute atomic E-state index is 13.1. The number of carbonyl (C=O) groups is 2. The van der Waals surface area contributed by atoms with Gasteiger partial charge in [0.25, 0.3) is 5.56 Å². The van der Waals surface area contributed by atoms with Gasteiger partial charge in [0, 0.05) is 6.42 Å². The van der Waals surface area contributed by atoms with Crippen LogP contribution in [0.3, 0.4) is 0 Å². The van der Waals surface area contributed by atoms with Crippen molar-refractivity contribution in [2.24, 2.45) is 5.92 Å². The number of aliphatic carboxylic acids is 1. The largest absolute Gasteiger partial charge is 0.548 e. The molecule has 0 aliphatic carbocycles. The lowest BCUT2D eigenvalue weighted by molar-refractivity contribution is -0.309. The van der Waals surface area contributed by atoms with Crippen molar-refractivity contribution in [2.45, 2.75) is 32.4 Å². The molecule has 0 aliphatic rings. The average Bonchev–Trinajstić information content (AvgIpc) is 2.71. The molecule has 2 N–H and O–H groups in total.